The van der Waals surface area contributed by atoms with Crippen LogP contribution in [0, 0.1) is 18.7 Å². The fourth-order valence-electron chi connectivity index (χ4n) is 3.00. The summed E-state index contributed by atoms with van der Waals surface area (Å²) < 4.78 is 13.3. The lowest BCUT2D eigenvalue weighted by molar-refractivity contribution is 0.0627. The lowest BCUT2D eigenvalue weighted by Crippen LogP contribution is -2.58. The number of benzene rings is 1. The molecule has 1 saturated heterocycles. The molecule has 1 aromatic carbocycles. The third-order valence-corrected chi connectivity index (χ3v) is 4.16. The Kier molecular flexibility index (Phi) is 4.26. The van der Waals surface area contributed by atoms with Crippen molar-refractivity contribution in [2.24, 2.45) is 11.7 Å². The molecule has 2 rings (SSSR count). The van der Waals surface area contributed by atoms with Gasteiger partial charge in [-0.3, -0.25) is 4.90 Å². The highest BCUT2D eigenvalue weighted by atomic mass is 19.1. The predicted octanol–water partition coefficient (Wildman–Crippen LogP) is 3.08. The number of hydrogen-bond acceptors (Lipinski definition) is 2. The molecule has 1 fully saturated rings. The van der Waals surface area contributed by atoms with Gasteiger partial charge in [0.05, 0.1) is 5.66 Å². The van der Waals surface area contributed by atoms with Crippen LogP contribution in [0.15, 0.2) is 18.2 Å². The van der Waals surface area contributed by atoms with Crippen LogP contribution < -0.4 is 5.73 Å². The normalized spacial score (nSPS) is 24.2. The Labute approximate surface area is 115 Å². The number of nitrogens with zero attached hydrogens (tertiary/aromatic N) is 1. The van der Waals surface area contributed by atoms with Crippen LogP contribution in [-0.2, 0) is 6.42 Å². The number of halogens is 1. The molecule has 3 heteroatoms. The number of likely N-dealkylation sites (tertiary alicyclic amines) is 1. The SMILES string of the molecule is Cc1cc(CC(C)(N)N2CCCC(C)C2)ccc1F. The van der Waals surface area contributed by atoms with Gasteiger partial charge in [0.1, 0.15) is 5.82 Å². The molecule has 19 heavy (non-hydrogen) atoms. The van der Waals surface area contributed by atoms with E-state index >= 15 is 0 Å². The van der Waals surface area contributed by atoms with Crippen molar-refractivity contribution >= 4 is 0 Å². The minimum Gasteiger partial charge on any atom is -0.313 e. The first-order valence-corrected chi connectivity index (χ1v) is 7.17. The predicted molar refractivity (Wildman–Crippen MR) is 77.4 cm³/mol. The average molecular weight is 264 g/mol. The second-order valence-electron chi connectivity index (χ2n) is 6.31. The zero-order valence-electron chi connectivity index (χ0n) is 12.2. The Bertz CT molecular complexity index is 442. The Morgan fingerprint density at radius 2 is 2.21 bits per heavy atom. The van der Waals surface area contributed by atoms with Gasteiger partial charge >= 0.3 is 0 Å². The second kappa shape index (κ2) is 5.59. The molecular weight excluding hydrogens is 239 g/mol. The molecule has 0 bridgehead atoms. The van der Waals surface area contributed by atoms with Crippen molar-refractivity contribution in [2.75, 3.05) is 13.1 Å². The van der Waals surface area contributed by atoms with E-state index in [1.165, 1.54) is 12.8 Å². The lowest BCUT2D eigenvalue weighted by Gasteiger charge is -2.43. The van der Waals surface area contributed by atoms with Crippen LogP contribution in [0.1, 0.15) is 37.8 Å². The molecule has 0 aliphatic carbocycles. The molecule has 106 valence electrons. The highest BCUT2D eigenvalue weighted by molar-refractivity contribution is 5.25. The minimum atomic E-state index is -0.348. The maximum Gasteiger partial charge on any atom is 0.126 e. The van der Waals surface area contributed by atoms with Gasteiger partial charge in [-0.25, -0.2) is 4.39 Å². The van der Waals surface area contributed by atoms with Gasteiger partial charge in [0.25, 0.3) is 0 Å². The molecule has 0 aromatic heterocycles. The van der Waals surface area contributed by atoms with E-state index in [1.54, 1.807) is 13.0 Å². The number of piperidine rings is 1. The summed E-state index contributed by atoms with van der Waals surface area (Å²) >= 11 is 0. The fourth-order valence-corrected chi connectivity index (χ4v) is 3.00. The number of aryl methyl sites for hydroxylation is 1. The first-order valence-electron chi connectivity index (χ1n) is 7.17. The summed E-state index contributed by atoms with van der Waals surface area (Å²) in [5.74, 6) is 0.570. The molecule has 1 aliphatic heterocycles. The maximum atomic E-state index is 13.3. The van der Waals surface area contributed by atoms with E-state index in [-0.39, 0.29) is 11.5 Å². The van der Waals surface area contributed by atoms with Crippen LogP contribution in [-0.4, -0.2) is 23.7 Å². The Balaban J connectivity index is 2.09. The van der Waals surface area contributed by atoms with Gasteiger partial charge in [-0.2, -0.15) is 0 Å². The van der Waals surface area contributed by atoms with E-state index in [0.29, 0.717) is 11.5 Å². The third kappa shape index (κ3) is 3.54. The highest BCUT2D eigenvalue weighted by Gasteiger charge is 2.30. The summed E-state index contributed by atoms with van der Waals surface area (Å²) in [6, 6.07) is 5.30. The molecule has 1 heterocycles. The molecule has 0 saturated carbocycles. The van der Waals surface area contributed by atoms with Crippen molar-refractivity contribution in [3.05, 3.63) is 35.1 Å². The number of nitrogens with two attached hydrogens (primary N) is 1. The highest BCUT2D eigenvalue weighted by Crippen LogP contribution is 2.24. The smallest absolute Gasteiger partial charge is 0.126 e. The van der Waals surface area contributed by atoms with Crippen molar-refractivity contribution in [3.8, 4) is 0 Å². The van der Waals surface area contributed by atoms with Crippen LogP contribution in [0.5, 0.6) is 0 Å². The fraction of sp³-hybridized carbons (Fsp3) is 0.625. The van der Waals surface area contributed by atoms with Crippen LogP contribution in [0.4, 0.5) is 4.39 Å². The van der Waals surface area contributed by atoms with Gasteiger partial charge in [-0.1, -0.05) is 19.1 Å². The zero-order chi connectivity index (χ0) is 14.0. The summed E-state index contributed by atoms with van der Waals surface area (Å²) in [7, 11) is 0. The van der Waals surface area contributed by atoms with Crippen LogP contribution in [0.3, 0.4) is 0 Å². The van der Waals surface area contributed by atoms with Crippen molar-refractivity contribution in [3.63, 3.8) is 0 Å². The zero-order valence-corrected chi connectivity index (χ0v) is 12.2. The molecule has 1 aliphatic rings. The van der Waals surface area contributed by atoms with Crippen molar-refractivity contribution in [1.29, 1.82) is 0 Å². The summed E-state index contributed by atoms with van der Waals surface area (Å²) in [5.41, 5.74) is 7.97. The van der Waals surface area contributed by atoms with Crippen molar-refractivity contribution in [2.45, 2.75) is 45.7 Å². The monoisotopic (exact) mass is 264 g/mol. The van der Waals surface area contributed by atoms with Gasteiger partial charge in [0.2, 0.25) is 0 Å². The molecule has 0 radical (unpaired) electrons. The summed E-state index contributed by atoms with van der Waals surface area (Å²) in [6.07, 6.45) is 3.28. The van der Waals surface area contributed by atoms with E-state index in [4.69, 9.17) is 5.73 Å². The van der Waals surface area contributed by atoms with E-state index in [2.05, 4.69) is 18.7 Å². The van der Waals surface area contributed by atoms with E-state index in [9.17, 15) is 4.39 Å². The summed E-state index contributed by atoms with van der Waals surface area (Å²) in [5, 5.41) is 0. The van der Waals surface area contributed by atoms with Gasteiger partial charge < -0.3 is 5.73 Å². The van der Waals surface area contributed by atoms with Gasteiger partial charge in [0, 0.05) is 13.0 Å². The molecule has 2 unspecified atom stereocenters. The first kappa shape index (κ1) is 14.5. The topological polar surface area (TPSA) is 29.3 Å². The van der Waals surface area contributed by atoms with Crippen LogP contribution in [0.25, 0.3) is 0 Å². The quantitative estimate of drug-likeness (QED) is 0.909. The Morgan fingerprint density at radius 3 is 2.84 bits per heavy atom. The van der Waals surface area contributed by atoms with Gasteiger partial charge in [-0.15, -0.1) is 0 Å². The molecule has 2 nitrogen and oxygen atoms in total. The number of rotatable bonds is 3. The lowest BCUT2D eigenvalue weighted by atomic mass is 9.93. The average Bonchev–Trinajstić information content (AvgIpc) is 2.33. The molecule has 2 N–H and O–H groups in total. The third-order valence-electron chi connectivity index (χ3n) is 4.16. The summed E-state index contributed by atoms with van der Waals surface area (Å²) in [4.78, 5) is 2.37. The summed E-state index contributed by atoms with van der Waals surface area (Å²) in [6.45, 7) is 8.30. The molecular formula is C16H25FN2. The maximum absolute atomic E-state index is 13.3. The number of hydrogen-bond donors (Lipinski definition) is 1. The minimum absolute atomic E-state index is 0.144. The van der Waals surface area contributed by atoms with Gasteiger partial charge in [0.15, 0.2) is 0 Å². The largest absolute Gasteiger partial charge is 0.313 e. The standard InChI is InChI=1S/C16H25FN2/c1-12-5-4-8-19(11-12)16(3,18)10-14-6-7-15(17)13(2)9-14/h6-7,9,12H,4-5,8,10-11,18H2,1-3H3. The van der Waals surface area contributed by atoms with Crippen molar-refractivity contribution in [1.82, 2.24) is 4.90 Å². The van der Waals surface area contributed by atoms with Crippen LogP contribution >= 0.6 is 0 Å². The Morgan fingerprint density at radius 1 is 1.47 bits per heavy atom. The van der Waals surface area contributed by atoms with Crippen molar-refractivity contribution < 1.29 is 4.39 Å². The molecule has 0 spiro atoms. The first-order chi connectivity index (χ1) is 8.88. The molecule has 0 amide bonds. The second-order valence-corrected chi connectivity index (χ2v) is 6.31. The van der Waals surface area contributed by atoms with Gasteiger partial charge in [-0.05, 0) is 56.3 Å². The van der Waals surface area contributed by atoms with E-state index in [0.717, 1.165) is 25.1 Å². The van der Waals surface area contributed by atoms with Crippen LogP contribution in [0.2, 0.25) is 0 Å². The van der Waals surface area contributed by atoms with E-state index < -0.39 is 0 Å². The van der Waals surface area contributed by atoms with E-state index in [1.807, 2.05) is 12.1 Å². The molecule has 1 aromatic rings. The Hall–Kier alpha value is -0.930. The molecule has 2 atom stereocenters.